The van der Waals surface area contributed by atoms with Crippen molar-refractivity contribution in [1.29, 1.82) is 0 Å². The fourth-order valence-corrected chi connectivity index (χ4v) is 2.52. The summed E-state index contributed by atoms with van der Waals surface area (Å²) in [6.45, 7) is 8.51. The van der Waals surface area contributed by atoms with Crippen LogP contribution in [0.1, 0.15) is 40.0 Å². The minimum Gasteiger partial charge on any atom is -0.357 e. The van der Waals surface area contributed by atoms with E-state index in [1.165, 1.54) is 0 Å². The third-order valence-electron chi connectivity index (χ3n) is 3.95. The molecule has 0 bridgehead atoms. The molecule has 0 unspecified atom stereocenters. The van der Waals surface area contributed by atoms with Crippen molar-refractivity contribution in [3.05, 3.63) is 0 Å². The molecule has 0 spiro atoms. The average molecular weight is 389 g/mol. The Kier molecular flexibility index (Phi) is 8.85. The molecular formula is C13H26F2IN3. The Balaban J connectivity index is 0.00000324. The zero-order valence-corrected chi connectivity index (χ0v) is 14.4. The van der Waals surface area contributed by atoms with Crippen LogP contribution >= 0.6 is 24.0 Å². The van der Waals surface area contributed by atoms with E-state index in [0.717, 1.165) is 32.4 Å². The lowest BCUT2D eigenvalue weighted by atomic mass is 9.82. The molecule has 6 heteroatoms. The molecule has 114 valence electrons. The Morgan fingerprint density at radius 1 is 1.32 bits per heavy atom. The fraction of sp³-hybridized carbons (Fsp3) is 0.923. The summed E-state index contributed by atoms with van der Waals surface area (Å²) in [5.74, 6) is 0.640. The highest BCUT2D eigenvalue weighted by Crippen LogP contribution is 2.36. The van der Waals surface area contributed by atoms with Crippen molar-refractivity contribution in [2.45, 2.75) is 46.5 Å². The molecule has 19 heavy (non-hydrogen) atoms. The number of guanidine groups is 1. The highest BCUT2D eigenvalue weighted by Gasteiger charge is 2.36. The Morgan fingerprint density at radius 3 is 2.37 bits per heavy atom. The number of nitrogens with zero attached hydrogens (tertiary/aromatic N) is 2. The lowest BCUT2D eigenvalue weighted by Crippen LogP contribution is -2.41. The minimum absolute atomic E-state index is 0. The van der Waals surface area contributed by atoms with Gasteiger partial charge in [0.05, 0.1) is 0 Å². The molecule has 0 saturated carbocycles. The Labute approximate surface area is 132 Å². The predicted molar refractivity (Wildman–Crippen MR) is 86.6 cm³/mol. The highest BCUT2D eigenvalue weighted by molar-refractivity contribution is 14.0. The van der Waals surface area contributed by atoms with Crippen LogP contribution in [0.15, 0.2) is 4.99 Å². The van der Waals surface area contributed by atoms with Gasteiger partial charge in [0.25, 0.3) is 6.43 Å². The molecule has 0 aromatic carbocycles. The fourth-order valence-electron chi connectivity index (χ4n) is 2.52. The SMILES string of the molecule is CCNC(=NCC(F)F)N1CCC(CC)(CC)C1.I. The molecule has 1 fully saturated rings. The van der Waals surface area contributed by atoms with Gasteiger partial charge in [0.2, 0.25) is 0 Å². The van der Waals surface area contributed by atoms with Crippen LogP contribution in [0.4, 0.5) is 8.78 Å². The monoisotopic (exact) mass is 389 g/mol. The molecule has 0 amide bonds. The highest BCUT2D eigenvalue weighted by atomic mass is 127. The van der Waals surface area contributed by atoms with Crippen molar-refractivity contribution in [2.75, 3.05) is 26.2 Å². The summed E-state index contributed by atoms with van der Waals surface area (Å²) in [6.07, 6.45) is 1.02. The van der Waals surface area contributed by atoms with Gasteiger partial charge in [0, 0.05) is 19.6 Å². The first kappa shape index (κ1) is 18.9. The van der Waals surface area contributed by atoms with Crippen molar-refractivity contribution in [3.8, 4) is 0 Å². The summed E-state index contributed by atoms with van der Waals surface area (Å²) in [7, 11) is 0. The normalized spacial score (nSPS) is 18.6. The van der Waals surface area contributed by atoms with Crippen molar-refractivity contribution < 1.29 is 8.78 Å². The number of alkyl halides is 2. The maximum absolute atomic E-state index is 12.3. The van der Waals surface area contributed by atoms with Gasteiger partial charge in [-0.3, -0.25) is 0 Å². The maximum atomic E-state index is 12.3. The van der Waals surface area contributed by atoms with Crippen LogP contribution < -0.4 is 5.32 Å². The first-order valence-corrected chi connectivity index (χ1v) is 6.88. The van der Waals surface area contributed by atoms with E-state index in [1.807, 2.05) is 6.92 Å². The number of hydrogen-bond acceptors (Lipinski definition) is 1. The van der Waals surface area contributed by atoms with Crippen LogP contribution in [-0.2, 0) is 0 Å². The van der Waals surface area contributed by atoms with Gasteiger partial charge in [-0.2, -0.15) is 0 Å². The van der Waals surface area contributed by atoms with E-state index in [9.17, 15) is 8.78 Å². The maximum Gasteiger partial charge on any atom is 0.257 e. The molecule has 0 aromatic rings. The largest absolute Gasteiger partial charge is 0.357 e. The second-order valence-electron chi connectivity index (χ2n) is 4.96. The molecule has 0 radical (unpaired) electrons. The number of aliphatic imine (C=N–C) groups is 1. The molecule has 1 aliphatic heterocycles. The van der Waals surface area contributed by atoms with E-state index in [1.54, 1.807) is 0 Å². The number of likely N-dealkylation sites (tertiary alicyclic amines) is 1. The minimum atomic E-state index is -2.37. The Morgan fingerprint density at radius 2 is 1.95 bits per heavy atom. The molecule has 1 rings (SSSR count). The van der Waals surface area contributed by atoms with Crippen LogP contribution in [0.3, 0.4) is 0 Å². The second kappa shape index (κ2) is 8.92. The lowest BCUT2D eigenvalue weighted by Gasteiger charge is -2.28. The summed E-state index contributed by atoms with van der Waals surface area (Å²) >= 11 is 0. The van der Waals surface area contributed by atoms with Gasteiger partial charge in [-0.05, 0) is 31.6 Å². The molecule has 3 nitrogen and oxygen atoms in total. The first-order chi connectivity index (χ1) is 8.56. The summed E-state index contributed by atoms with van der Waals surface area (Å²) in [5, 5.41) is 3.11. The van der Waals surface area contributed by atoms with Gasteiger partial charge in [0.1, 0.15) is 6.54 Å². The topological polar surface area (TPSA) is 27.6 Å². The van der Waals surface area contributed by atoms with Crippen LogP contribution in [-0.4, -0.2) is 43.5 Å². The summed E-state index contributed by atoms with van der Waals surface area (Å²) in [5.41, 5.74) is 0.334. The van der Waals surface area contributed by atoms with E-state index in [2.05, 4.69) is 29.1 Å². The van der Waals surface area contributed by atoms with E-state index < -0.39 is 13.0 Å². The third kappa shape index (κ3) is 5.39. The number of hydrogen-bond donors (Lipinski definition) is 1. The van der Waals surface area contributed by atoms with Gasteiger partial charge in [-0.15, -0.1) is 24.0 Å². The number of rotatable bonds is 5. The quantitative estimate of drug-likeness (QED) is 0.444. The molecule has 1 saturated heterocycles. The van der Waals surface area contributed by atoms with Gasteiger partial charge < -0.3 is 10.2 Å². The summed E-state index contributed by atoms with van der Waals surface area (Å²) < 4.78 is 24.5. The Bertz CT molecular complexity index is 281. The van der Waals surface area contributed by atoms with Crippen LogP contribution in [0.2, 0.25) is 0 Å². The second-order valence-corrected chi connectivity index (χ2v) is 4.96. The molecule has 1 aliphatic rings. The van der Waals surface area contributed by atoms with Gasteiger partial charge >= 0.3 is 0 Å². The first-order valence-electron chi connectivity index (χ1n) is 6.88. The van der Waals surface area contributed by atoms with Crippen molar-refractivity contribution >= 4 is 29.9 Å². The van der Waals surface area contributed by atoms with Gasteiger partial charge in [-0.1, -0.05) is 13.8 Å². The van der Waals surface area contributed by atoms with Crippen LogP contribution in [0, 0.1) is 5.41 Å². The zero-order valence-electron chi connectivity index (χ0n) is 12.1. The van der Waals surface area contributed by atoms with E-state index >= 15 is 0 Å². The van der Waals surface area contributed by atoms with Crippen molar-refractivity contribution in [1.82, 2.24) is 10.2 Å². The molecule has 0 aromatic heterocycles. The van der Waals surface area contributed by atoms with E-state index in [-0.39, 0.29) is 24.0 Å². The number of halogens is 3. The zero-order chi connectivity index (χ0) is 13.6. The molecule has 1 heterocycles. The van der Waals surface area contributed by atoms with Gasteiger partial charge in [-0.25, -0.2) is 13.8 Å². The third-order valence-corrected chi connectivity index (χ3v) is 3.95. The van der Waals surface area contributed by atoms with Gasteiger partial charge in [0.15, 0.2) is 5.96 Å². The van der Waals surface area contributed by atoms with Crippen LogP contribution in [0.25, 0.3) is 0 Å². The van der Waals surface area contributed by atoms with Crippen molar-refractivity contribution in [3.63, 3.8) is 0 Å². The standard InChI is InChI=1S/C13H25F2N3.HI/c1-4-13(5-2)7-8-18(10-13)12(16-6-3)17-9-11(14)15;/h11H,4-10H2,1-3H3,(H,16,17);1H. The van der Waals surface area contributed by atoms with E-state index in [4.69, 9.17) is 0 Å². The lowest BCUT2D eigenvalue weighted by molar-refractivity contribution is 0.158. The molecule has 1 N–H and O–H groups in total. The number of nitrogens with one attached hydrogen (secondary N) is 1. The average Bonchev–Trinajstić information content (AvgIpc) is 2.79. The van der Waals surface area contributed by atoms with E-state index in [0.29, 0.717) is 17.9 Å². The molecular weight excluding hydrogens is 363 g/mol. The summed E-state index contributed by atoms with van der Waals surface area (Å²) in [6, 6.07) is 0. The summed E-state index contributed by atoms with van der Waals surface area (Å²) in [4.78, 5) is 6.13. The van der Waals surface area contributed by atoms with Crippen LogP contribution in [0.5, 0.6) is 0 Å². The smallest absolute Gasteiger partial charge is 0.257 e. The Hall–Kier alpha value is -0.140. The van der Waals surface area contributed by atoms with Crippen molar-refractivity contribution in [2.24, 2.45) is 10.4 Å². The predicted octanol–water partition coefficient (Wildman–Crippen LogP) is 3.35. The molecule has 0 atom stereocenters. The molecule has 0 aliphatic carbocycles.